The maximum absolute atomic E-state index is 12.5. The van der Waals surface area contributed by atoms with Gasteiger partial charge in [-0.3, -0.25) is 4.79 Å². The van der Waals surface area contributed by atoms with Crippen LogP contribution in [0.25, 0.3) is 0 Å². The van der Waals surface area contributed by atoms with E-state index >= 15 is 0 Å². The third-order valence-corrected chi connectivity index (χ3v) is 4.51. The Morgan fingerprint density at radius 3 is 1.92 bits per heavy atom. The number of amides is 1. The summed E-state index contributed by atoms with van der Waals surface area (Å²) < 4.78 is 0. The maximum atomic E-state index is 12.5. The minimum Gasteiger partial charge on any atom is -0.324 e. The molecular weight excluding hydrogens is 308 g/mol. The number of rotatable bonds is 7. The predicted octanol–water partition coefficient (Wildman–Crippen LogP) is 5.22. The molecule has 1 atom stereocenters. The first-order valence-electron chi connectivity index (χ1n) is 9.11. The van der Waals surface area contributed by atoms with E-state index in [0.29, 0.717) is 18.4 Å². The summed E-state index contributed by atoms with van der Waals surface area (Å²) in [6, 6.07) is 16.6. The Bertz CT molecular complexity index is 666. The van der Waals surface area contributed by atoms with E-state index < -0.39 is 0 Å². The molecule has 0 aliphatic carbocycles. The molecule has 0 aliphatic rings. The van der Waals surface area contributed by atoms with Crippen molar-refractivity contribution in [3.63, 3.8) is 0 Å². The van der Waals surface area contributed by atoms with Crippen molar-refractivity contribution in [2.24, 2.45) is 0 Å². The molecule has 0 saturated heterocycles. The van der Waals surface area contributed by atoms with Crippen molar-refractivity contribution in [1.82, 2.24) is 5.32 Å². The summed E-state index contributed by atoms with van der Waals surface area (Å²) in [5.74, 6) is 0.730. The van der Waals surface area contributed by atoms with Crippen LogP contribution < -0.4 is 10.6 Å². The number of hydrogen-bond donors (Lipinski definition) is 2. The van der Waals surface area contributed by atoms with Crippen LogP contribution in [0.2, 0.25) is 0 Å². The minimum atomic E-state index is -0.00205. The topological polar surface area (TPSA) is 41.1 Å². The molecule has 0 fully saturated rings. The zero-order chi connectivity index (χ0) is 18.4. The lowest BCUT2D eigenvalue weighted by molar-refractivity contribution is -0.115. The van der Waals surface area contributed by atoms with Gasteiger partial charge in [-0.15, -0.1) is 0 Å². The van der Waals surface area contributed by atoms with Crippen LogP contribution in [0.15, 0.2) is 48.5 Å². The molecule has 0 radical (unpaired) electrons. The molecule has 0 unspecified atom stereocenters. The molecule has 2 aromatic rings. The van der Waals surface area contributed by atoms with Gasteiger partial charge in [0.05, 0.1) is 6.54 Å². The number of nitrogens with one attached hydrogen (secondary N) is 2. The second kappa shape index (κ2) is 8.82. The van der Waals surface area contributed by atoms with E-state index in [0.717, 1.165) is 5.69 Å². The van der Waals surface area contributed by atoms with Crippen molar-refractivity contribution in [2.45, 2.75) is 52.5 Å². The molecule has 1 amide bonds. The predicted molar refractivity (Wildman–Crippen MR) is 106 cm³/mol. The molecule has 0 bridgehead atoms. The van der Waals surface area contributed by atoms with E-state index in [4.69, 9.17) is 0 Å². The quantitative estimate of drug-likeness (QED) is 0.726. The third-order valence-electron chi connectivity index (χ3n) is 4.51. The zero-order valence-corrected chi connectivity index (χ0v) is 16.0. The van der Waals surface area contributed by atoms with E-state index in [1.807, 2.05) is 18.2 Å². The van der Waals surface area contributed by atoms with Gasteiger partial charge in [0.1, 0.15) is 0 Å². The molecule has 2 rings (SSSR count). The lowest BCUT2D eigenvalue weighted by Crippen LogP contribution is -2.30. The van der Waals surface area contributed by atoms with Gasteiger partial charge in [0.2, 0.25) is 5.91 Å². The summed E-state index contributed by atoms with van der Waals surface area (Å²) in [7, 11) is 0. The van der Waals surface area contributed by atoms with Crippen molar-refractivity contribution in [2.75, 3.05) is 11.9 Å². The zero-order valence-electron chi connectivity index (χ0n) is 16.0. The first-order valence-corrected chi connectivity index (χ1v) is 9.11. The molecule has 0 heterocycles. The van der Waals surface area contributed by atoms with Gasteiger partial charge in [-0.05, 0) is 35.4 Å². The first kappa shape index (κ1) is 19.2. The number of carbonyl (C=O) groups excluding carboxylic acids is 1. The van der Waals surface area contributed by atoms with E-state index in [1.165, 1.54) is 16.7 Å². The molecular formula is C22H30N2O. The SMILES string of the molecule is CC(C)c1cccc(C(C)C)c1NC(=O)CN[C@H](C)c1ccccc1. The molecule has 0 aromatic heterocycles. The summed E-state index contributed by atoms with van der Waals surface area (Å²) in [5, 5.41) is 6.45. The molecule has 3 heteroatoms. The van der Waals surface area contributed by atoms with E-state index in [9.17, 15) is 4.79 Å². The molecule has 0 saturated carbocycles. The normalized spacial score (nSPS) is 12.4. The van der Waals surface area contributed by atoms with Crippen molar-refractivity contribution in [1.29, 1.82) is 0 Å². The second-order valence-electron chi connectivity index (χ2n) is 7.18. The van der Waals surface area contributed by atoms with Crippen LogP contribution in [-0.4, -0.2) is 12.5 Å². The van der Waals surface area contributed by atoms with E-state index in [-0.39, 0.29) is 11.9 Å². The fraction of sp³-hybridized carbons (Fsp3) is 0.409. The Morgan fingerprint density at radius 1 is 0.840 bits per heavy atom. The Hall–Kier alpha value is -2.13. The Balaban J connectivity index is 2.07. The average Bonchev–Trinajstić information content (AvgIpc) is 2.60. The lowest BCUT2D eigenvalue weighted by Gasteiger charge is -2.21. The number of para-hydroxylation sites is 1. The summed E-state index contributed by atoms with van der Waals surface area (Å²) in [5.41, 5.74) is 4.54. The lowest BCUT2D eigenvalue weighted by atomic mass is 9.92. The maximum Gasteiger partial charge on any atom is 0.238 e. The first-order chi connectivity index (χ1) is 11.9. The average molecular weight is 338 g/mol. The largest absolute Gasteiger partial charge is 0.324 e. The summed E-state index contributed by atoms with van der Waals surface area (Å²) in [6.07, 6.45) is 0. The molecule has 134 valence electrons. The smallest absolute Gasteiger partial charge is 0.238 e. The number of benzene rings is 2. The highest BCUT2D eigenvalue weighted by Gasteiger charge is 2.16. The van der Waals surface area contributed by atoms with Crippen molar-refractivity contribution >= 4 is 11.6 Å². The summed E-state index contributed by atoms with van der Waals surface area (Å²) in [6.45, 7) is 11.0. The highest BCUT2D eigenvalue weighted by atomic mass is 16.1. The number of carbonyl (C=O) groups is 1. The molecule has 3 nitrogen and oxygen atoms in total. The van der Waals surface area contributed by atoms with Crippen LogP contribution in [0.1, 0.15) is 69.2 Å². The third kappa shape index (κ3) is 5.17. The van der Waals surface area contributed by atoms with Gasteiger partial charge in [0, 0.05) is 11.7 Å². The van der Waals surface area contributed by atoms with Gasteiger partial charge >= 0.3 is 0 Å². The summed E-state index contributed by atoms with van der Waals surface area (Å²) >= 11 is 0. The highest BCUT2D eigenvalue weighted by molar-refractivity contribution is 5.94. The second-order valence-corrected chi connectivity index (χ2v) is 7.18. The van der Waals surface area contributed by atoms with Gasteiger partial charge in [0.15, 0.2) is 0 Å². The fourth-order valence-corrected chi connectivity index (χ4v) is 2.98. The van der Waals surface area contributed by atoms with Crippen molar-refractivity contribution < 1.29 is 4.79 Å². The van der Waals surface area contributed by atoms with Crippen molar-refractivity contribution in [3.05, 3.63) is 65.2 Å². The summed E-state index contributed by atoms with van der Waals surface area (Å²) in [4.78, 5) is 12.5. The molecule has 0 aliphatic heterocycles. The van der Waals surface area contributed by atoms with Crippen LogP contribution in [0.5, 0.6) is 0 Å². The molecule has 2 aromatic carbocycles. The van der Waals surface area contributed by atoms with Gasteiger partial charge in [-0.1, -0.05) is 76.2 Å². The minimum absolute atomic E-state index is 0.00205. The standard InChI is InChI=1S/C22H30N2O/c1-15(2)19-12-9-13-20(16(3)4)22(19)24-21(25)14-23-17(5)18-10-7-6-8-11-18/h6-13,15-17,23H,14H2,1-5H3,(H,24,25)/t17-/m1/s1. The Labute approximate surface area is 151 Å². The van der Waals surface area contributed by atoms with E-state index in [1.54, 1.807) is 0 Å². The van der Waals surface area contributed by atoms with Gasteiger partial charge in [-0.2, -0.15) is 0 Å². The van der Waals surface area contributed by atoms with Crippen molar-refractivity contribution in [3.8, 4) is 0 Å². The van der Waals surface area contributed by atoms with Crippen LogP contribution in [0, 0.1) is 0 Å². The van der Waals surface area contributed by atoms with Gasteiger partial charge < -0.3 is 10.6 Å². The molecule has 25 heavy (non-hydrogen) atoms. The fourth-order valence-electron chi connectivity index (χ4n) is 2.98. The molecule has 0 spiro atoms. The van der Waals surface area contributed by atoms with Crippen LogP contribution in [0.4, 0.5) is 5.69 Å². The monoisotopic (exact) mass is 338 g/mol. The molecule has 2 N–H and O–H groups in total. The van der Waals surface area contributed by atoms with Crippen LogP contribution >= 0.6 is 0 Å². The van der Waals surface area contributed by atoms with Crippen LogP contribution in [-0.2, 0) is 4.79 Å². The van der Waals surface area contributed by atoms with Gasteiger partial charge in [-0.25, -0.2) is 0 Å². The van der Waals surface area contributed by atoms with E-state index in [2.05, 4.69) is 75.6 Å². The Morgan fingerprint density at radius 2 is 1.40 bits per heavy atom. The van der Waals surface area contributed by atoms with Crippen LogP contribution in [0.3, 0.4) is 0 Å². The Kier molecular flexibility index (Phi) is 6.77. The number of hydrogen-bond acceptors (Lipinski definition) is 2. The van der Waals surface area contributed by atoms with Gasteiger partial charge in [0.25, 0.3) is 0 Å². The number of anilines is 1. The highest BCUT2D eigenvalue weighted by Crippen LogP contribution is 2.32.